The second kappa shape index (κ2) is 8.78. The van der Waals surface area contributed by atoms with Crippen molar-refractivity contribution < 1.29 is 19.1 Å². The molecule has 0 radical (unpaired) electrons. The number of aromatic nitrogens is 1. The summed E-state index contributed by atoms with van der Waals surface area (Å²) in [7, 11) is 0. The van der Waals surface area contributed by atoms with Crippen LogP contribution in [0.2, 0.25) is 0 Å². The second-order valence-corrected chi connectivity index (χ2v) is 5.20. The maximum atomic E-state index is 11.7. The van der Waals surface area contributed by atoms with Crippen LogP contribution in [-0.2, 0) is 20.9 Å². The predicted octanol–water partition coefficient (Wildman–Crippen LogP) is 2.33. The van der Waals surface area contributed by atoms with Crippen molar-refractivity contribution in [1.29, 1.82) is 0 Å². The smallest absolute Gasteiger partial charge is 0.407 e. The van der Waals surface area contributed by atoms with Gasteiger partial charge >= 0.3 is 6.09 Å². The molecule has 1 heterocycles. The van der Waals surface area contributed by atoms with Gasteiger partial charge in [0.05, 0.1) is 17.1 Å². The van der Waals surface area contributed by atoms with Gasteiger partial charge in [0.15, 0.2) is 0 Å². The zero-order chi connectivity index (χ0) is 15.6. The topological polar surface area (TPSA) is 77.5 Å². The average molecular weight is 320 g/mol. The quantitative estimate of drug-likeness (QED) is 0.755. The molecule has 22 heavy (non-hydrogen) atoms. The number of nitrogens with zero attached hydrogens (tertiary/aromatic N) is 1. The molecule has 7 heteroatoms. The van der Waals surface area contributed by atoms with Crippen LogP contribution < -0.4 is 5.32 Å². The highest BCUT2D eigenvalue weighted by molar-refractivity contribution is 7.07. The molecule has 0 fully saturated rings. The van der Waals surface area contributed by atoms with Gasteiger partial charge in [0.1, 0.15) is 13.2 Å². The Balaban J connectivity index is 1.78. The van der Waals surface area contributed by atoms with Crippen LogP contribution in [0, 0.1) is 0 Å². The molecule has 1 amide bonds. The molecule has 2 rings (SSSR count). The minimum absolute atomic E-state index is 0.159. The number of rotatable bonds is 8. The molecule has 116 valence electrons. The van der Waals surface area contributed by atoms with Gasteiger partial charge in [-0.1, -0.05) is 30.3 Å². The number of amides is 1. The maximum absolute atomic E-state index is 11.7. The lowest BCUT2D eigenvalue weighted by atomic mass is 10.1. The van der Waals surface area contributed by atoms with E-state index in [4.69, 9.17) is 9.47 Å². The van der Waals surface area contributed by atoms with Gasteiger partial charge in [-0.2, -0.15) is 0 Å². The van der Waals surface area contributed by atoms with Gasteiger partial charge in [-0.05, 0) is 5.56 Å². The Morgan fingerprint density at radius 1 is 1.36 bits per heavy atom. The van der Waals surface area contributed by atoms with E-state index in [2.05, 4.69) is 10.3 Å². The molecule has 2 aromatic rings. The highest BCUT2D eigenvalue weighted by Gasteiger charge is 2.16. The standard InChI is InChI=1S/C15H16N2O4S/c18-11-20-8-13(14-9-22-10-17-14)6-16-15(19)21-7-12-4-2-1-3-5-12/h1-5,9-11,13H,6-8H2,(H,16,19). The molecule has 0 saturated carbocycles. The molecule has 0 aliphatic carbocycles. The molecular weight excluding hydrogens is 304 g/mol. The SMILES string of the molecule is O=COCC(CNC(=O)OCc1ccccc1)c1cscn1. The van der Waals surface area contributed by atoms with Crippen LogP contribution in [0.15, 0.2) is 41.2 Å². The molecule has 0 spiro atoms. The highest BCUT2D eigenvalue weighted by Crippen LogP contribution is 2.15. The summed E-state index contributed by atoms with van der Waals surface area (Å²) in [5.41, 5.74) is 3.38. The van der Waals surface area contributed by atoms with Crippen LogP contribution >= 0.6 is 11.3 Å². The van der Waals surface area contributed by atoms with Gasteiger partial charge in [0.2, 0.25) is 0 Å². The summed E-state index contributed by atoms with van der Waals surface area (Å²) in [5.74, 6) is -0.194. The zero-order valence-electron chi connectivity index (χ0n) is 11.8. The van der Waals surface area contributed by atoms with Gasteiger partial charge in [-0.15, -0.1) is 11.3 Å². The monoisotopic (exact) mass is 320 g/mol. The summed E-state index contributed by atoms with van der Waals surface area (Å²) in [6.45, 7) is 1.03. The lowest BCUT2D eigenvalue weighted by Gasteiger charge is -2.14. The fraction of sp³-hybridized carbons (Fsp3) is 0.267. The first-order valence-corrected chi connectivity index (χ1v) is 7.61. The van der Waals surface area contributed by atoms with Crippen molar-refractivity contribution in [1.82, 2.24) is 10.3 Å². The summed E-state index contributed by atoms with van der Waals surface area (Å²) < 4.78 is 9.90. The van der Waals surface area contributed by atoms with Crippen LogP contribution in [-0.4, -0.2) is 30.7 Å². The number of ether oxygens (including phenoxy) is 2. The van der Waals surface area contributed by atoms with Crippen LogP contribution in [0.5, 0.6) is 0 Å². The minimum atomic E-state index is -0.518. The highest BCUT2D eigenvalue weighted by atomic mass is 32.1. The third-order valence-corrected chi connectivity index (χ3v) is 3.55. The third kappa shape index (κ3) is 5.17. The first kappa shape index (κ1) is 16.0. The van der Waals surface area contributed by atoms with Gasteiger partial charge < -0.3 is 14.8 Å². The van der Waals surface area contributed by atoms with Crippen LogP contribution in [0.1, 0.15) is 17.2 Å². The number of carbonyl (C=O) groups excluding carboxylic acids is 2. The van der Waals surface area contributed by atoms with E-state index in [1.54, 1.807) is 5.51 Å². The first-order valence-electron chi connectivity index (χ1n) is 6.67. The number of carbonyl (C=O) groups is 2. The van der Waals surface area contributed by atoms with Crippen molar-refractivity contribution in [2.75, 3.05) is 13.2 Å². The van der Waals surface area contributed by atoms with E-state index in [1.165, 1.54) is 11.3 Å². The number of nitrogens with one attached hydrogen (secondary N) is 1. The van der Waals surface area contributed by atoms with E-state index in [0.717, 1.165) is 11.3 Å². The average Bonchev–Trinajstić information content (AvgIpc) is 3.08. The Labute approximate surface area is 132 Å². The molecule has 1 aromatic heterocycles. The van der Waals surface area contributed by atoms with Gasteiger partial charge in [-0.25, -0.2) is 9.78 Å². The van der Waals surface area contributed by atoms with Crippen molar-refractivity contribution in [3.05, 3.63) is 52.5 Å². The number of alkyl carbamates (subject to hydrolysis) is 1. The fourth-order valence-corrected chi connectivity index (χ4v) is 2.44. The molecular formula is C15H16N2O4S. The molecule has 1 aromatic carbocycles. The number of benzene rings is 1. The van der Waals surface area contributed by atoms with Gasteiger partial charge in [0.25, 0.3) is 6.47 Å². The molecule has 1 unspecified atom stereocenters. The largest absolute Gasteiger partial charge is 0.467 e. The molecule has 6 nitrogen and oxygen atoms in total. The third-order valence-electron chi connectivity index (χ3n) is 2.94. The molecule has 0 aliphatic rings. The minimum Gasteiger partial charge on any atom is -0.467 e. The van der Waals surface area contributed by atoms with Crippen molar-refractivity contribution in [2.45, 2.75) is 12.5 Å². The Hall–Kier alpha value is -2.41. The molecule has 0 aliphatic heterocycles. The zero-order valence-corrected chi connectivity index (χ0v) is 12.6. The number of hydrogen-bond acceptors (Lipinski definition) is 6. The lowest BCUT2D eigenvalue weighted by Crippen LogP contribution is -2.30. The Morgan fingerprint density at radius 2 is 2.18 bits per heavy atom. The van der Waals surface area contributed by atoms with Crippen molar-refractivity contribution in [3.63, 3.8) is 0 Å². The van der Waals surface area contributed by atoms with Crippen LogP contribution in [0.4, 0.5) is 4.79 Å². The van der Waals surface area contributed by atoms with Crippen molar-refractivity contribution >= 4 is 23.9 Å². The van der Waals surface area contributed by atoms with Crippen molar-refractivity contribution in [3.8, 4) is 0 Å². The second-order valence-electron chi connectivity index (χ2n) is 4.48. The van der Waals surface area contributed by atoms with Gasteiger partial charge in [0, 0.05) is 11.9 Å². The summed E-state index contributed by atoms with van der Waals surface area (Å²) >= 11 is 1.44. The predicted molar refractivity (Wildman–Crippen MR) is 81.5 cm³/mol. The van der Waals surface area contributed by atoms with E-state index in [9.17, 15) is 9.59 Å². The molecule has 1 N–H and O–H groups in total. The van der Waals surface area contributed by atoms with E-state index >= 15 is 0 Å². The first-order chi connectivity index (χ1) is 10.8. The van der Waals surface area contributed by atoms with Crippen molar-refractivity contribution in [2.24, 2.45) is 0 Å². The van der Waals surface area contributed by atoms with Gasteiger partial charge in [-0.3, -0.25) is 4.79 Å². The van der Waals surface area contributed by atoms with E-state index in [0.29, 0.717) is 6.47 Å². The van der Waals surface area contributed by atoms with E-state index < -0.39 is 6.09 Å². The fourth-order valence-electron chi connectivity index (χ4n) is 1.81. The number of thiazole rings is 1. The Bertz CT molecular complexity index is 574. The summed E-state index contributed by atoms with van der Waals surface area (Å²) in [4.78, 5) is 26.2. The Morgan fingerprint density at radius 3 is 2.86 bits per heavy atom. The normalized spacial score (nSPS) is 11.5. The lowest BCUT2D eigenvalue weighted by molar-refractivity contribution is -0.129. The maximum Gasteiger partial charge on any atom is 0.407 e. The Kier molecular flexibility index (Phi) is 6.38. The van der Waals surface area contributed by atoms with E-state index in [-0.39, 0.29) is 25.7 Å². The summed E-state index contributed by atoms with van der Waals surface area (Å²) in [5, 5.41) is 4.51. The van der Waals surface area contributed by atoms with E-state index in [1.807, 2.05) is 35.7 Å². The molecule has 0 bridgehead atoms. The van der Waals surface area contributed by atoms with Crippen LogP contribution in [0.3, 0.4) is 0 Å². The summed E-state index contributed by atoms with van der Waals surface area (Å²) in [6, 6.07) is 9.42. The number of hydrogen-bond donors (Lipinski definition) is 1. The summed E-state index contributed by atoms with van der Waals surface area (Å²) in [6.07, 6.45) is -0.518. The molecule has 1 atom stereocenters. The molecule has 0 saturated heterocycles. The van der Waals surface area contributed by atoms with Crippen LogP contribution in [0.25, 0.3) is 0 Å².